The van der Waals surface area contributed by atoms with Gasteiger partial charge in [0, 0.05) is 19.3 Å². The highest BCUT2D eigenvalue weighted by Crippen LogP contribution is 2.17. The molecule has 5 nitrogen and oxygen atoms in total. The maximum absolute atomic E-state index is 12.6. The van der Waals surface area contributed by atoms with Gasteiger partial charge in [-0.3, -0.25) is 9.59 Å². The lowest BCUT2D eigenvalue weighted by molar-refractivity contribution is 0.0920. The number of hydrogen-bond acceptors (Lipinski definition) is 3. The summed E-state index contributed by atoms with van der Waals surface area (Å²) < 4.78 is 7.21. The van der Waals surface area contributed by atoms with Crippen LogP contribution >= 0.6 is 0 Å². The fraction of sp³-hybridized carbons (Fsp3) is 0.143. The summed E-state index contributed by atoms with van der Waals surface area (Å²) in [6.07, 6.45) is 1.53. The Kier molecular flexibility index (Phi) is 5.49. The van der Waals surface area contributed by atoms with Crippen molar-refractivity contribution in [1.82, 2.24) is 9.88 Å². The van der Waals surface area contributed by atoms with Crippen LogP contribution in [-0.2, 0) is 7.05 Å². The molecule has 0 aliphatic carbocycles. The molecule has 0 saturated carbocycles. The van der Waals surface area contributed by atoms with Crippen LogP contribution in [-0.4, -0.2) is 17.1 Å². The minimum Gasteiger partial charge on any atom is -0.491 e. The molecule has 1 N–H and O–H groups in total. The summed E-state index contributed by atoms with van der Waals surface area (Å²) in [6.45, 7) is 0.297. The Morgan fingerprint density at radius 2 is 1.65 bits per heavy atom. The largest absolute Gasteiger partial charge is 0.491 e. The lowest BCUT2D eigenvalue weighted by Gasteiger charge is -2.20. The van der Waals surface area contributed by atoms with Crippen molar-refractivity contribution < 1.29 is 9.53 Å². The second-order valence-corrected chi connectivity index (χ2v) is 5.93. The Bertz CT molecular complexity index is 921. The predicted octanol–water partition coefficient (Wildman–Crippen LogP) is 2.94. The highest BCUT2D eigenvalue weighted by Gasteiger charge is 2.17. The van der Waals surface area contributed by atoms with Crippen LogP contribution in [0.1, 0.15) is 22.0 Å². The monoisotopic (exact) mass is 348 g/mol. The maximum Gasteiger partial charge on any atom is 0.253 e. The third-order valence-corrected chi connectivity index (χ3v) is 4.02. The second kappa shape index (κ2) is 8.16. The Balaban J connectivity index is 1.77. The molecule has 5 heteroatoms. The number of carbonyl (C=O) groups excluding carboxylic acids is 1. The van der Waals surface area contributed by atoms with E-state index < -0.39 is 0 Å². The summed E-state index contributed by atoms with van der Waals surface area (Å²) in [5, 5.41) is 2.99. The number of para-hydroxylation sites is 1. The van der Waals surface area contributed by atoms with Gasteiger partial charge in [0.1, 0.15) is 12.4 Å². The zero-order valence-electron chi connectivity index (χ0n) is 14.5. The number of pyridine rings is 1. The number of nitrogens with zero attached hydrogens (tertiary/aromatic N) is 1. The van der Waals surface area contributed by atoms with Gasteiger partial charge < -0.3 is 14.6 Å². The molecular formula is C21H20N2O3. The van der Waals surface area contributed by atoms with E-state index in [1.807, 2.05) is 60.7 Å². The van der Waals surface area contributed by atoms with E-state index in [1.165, 1.54) is 22.9 Å². The van der Waals surface area contributed by atoms with E-state index >= 15 is 0 Å². The Morgan fingerprint density at radius 3 is 2.31 bits per heavy atom. The topological polar surface area (TPSA) is 60.3 Å². The van der Waals surface area contributed by atoms with Crippen molar-refractivity contribution in [1.29, 1.82) is 0 Å². The first-order valence-corrected chi connectivity index (χ1v) is 8.34. The fourth-order valence-electron chi connectivity index (χ4n) is 2.57. The van der Waals surface area contributed by atoms with Gasteiger partial charge in [-0.1, -0.05) is 48.5 Å². The van der Waals surface area contributed by atoms with Crippen LogP contribution in [0.25, 0.3) is 0 Å². The zero-order chi connectivity index (χ0) is 18.4. The minimum absolute atomic E-state index is 0.159. The number of nitrogens with one attached hydrogen (secondary N) is 1. The summed E-state index contributed by atoms with van der Waals surface area (Å²) in [7, 11) is 1.62. The normalized spacial score (nSPS) is 11.6. The van der Waals surface area contributed by atoms with E-state index in [9.17, 15) is 9.59 Å². The third-order valence-electron chi connectivity index (χ3n) is 4.02. The predicted molar refractivity (Wildman–Crippen MR) is 100 cm³/mol. The summed E-state index contributed by atoms with van der Waals surface area (Å²) >= 11 is 0. The molecule has 0 fully saturated rings. The number of benzene rings is 2. The van der Waals surface area contributed by atoms with Gasteiger partial charge in [-0.2, -0.15) is 0 Å². The Labute approximate surface area is 151 Å². The number of aryl methyl sites for hydroxylation is 1. The molecule has 0 bridgehead atoms. The second-order valence-electron chi connectivity index (χ2n) is 5.93. The average Bonchev–Trinajstić information content (AvgIpc) is 2.68. The van der Waals surface area contributed by atoms with Crippen LogP contribution in [0, 0.1) is 0 Å². The van der Waals surface area contributed by atoms with Gasteiger partial charge in [0.2, 0.25) is 5.56 Å². The number of carbonyl (C=O) groups is 1. The molecule has 26 heavy (non-hydrogen) atoms. The van der Waals surface area contributed by atoms with Crippen LogP contribution in [0.3, 0.4) is 0 Å². The first-order valence-electron chi connectivity index (χ1n) is 8.34. The van der Waals surface area contributed by atoms with Crippen molar-refractivity contribution in [2.75, 3.05) is 6.61 Å². The standard InChI is InChI=1S/C21H20N2O3/c1-23-14-17(12-13-20(23)24)21(25)22-19(16-8-4-2-5-9-16)15-26-18-10-6-3-7-11-18/h2-14,19H,15H2,1H3,(H,22,25)/t19-/m0/s1. The van der Waals surface area contributed by atoms with E-state index in [0.717, 1.165) is 11.3 Å². The summed E-state index contributed by atoms with van der Waals surface area (Å²) in [4.78, 5) is 24.1. The highest BCUT2D eigenvalue weighted by atomic mass is 16.5. The molecule has 3 aromatic rings. The third kappa shape index (κ3) is 4.39. The molecule has 0 aliphatic heterocycles. The number of aromatic nitrogens is 1. The molecule has 0 radical (unpaired) electrons. The molecule has 0 spiro atoms. The molecule has 1 amide bonds. The molecule has 1 aromatic heterocycles. The average molecular weight is 348 g/mol. The van der Waals surface area contributed by atoms with E-state index in [2.05, 4.69) is 5.32 Å². The van der Waals surface area contributed by atoms with Gasteiger partial charge in [0.25, 0.3) is 5.91 Å². The summed E-state index contributed by atoms with van der Waals surface area (Å²) in [5.41, 5.74) is 1.21. The summed E-state index contributed by atoms with van der Waals surface area (Å²) in [6, 6.07) is 21.7. The smallest absolute Gasteiger partial charge is 0.253 e. The van der Waals surface area contributed by atoms with Crippen molar-refractivity contribution in [3.05, 3.63) is 100 Å². The molecule has 0 saturated heterocycles. The molecule has 132 valence electrons. The van der Waals surface area contributed by atoms with E-state index in [1.54, 1.807) is 7.05 Å². The van der Waals surface area contributed by atoms with E-state index in [4.69, 9.17) is 4.74 Å². The van der Waals surface area contributed by atoms with Crippen molar-refractivity contribution >= 4 is 5.91 Å². The van der Waals surface area contributed by atoms with Crippen LogP contribution in [0.5, 0.6) is 5.75 Å². The molecule has 0 unspecified atom stereocenters. The number of amides is 1. The Hall–Kier alpha value is -3.34. The van der Waals surface area contributed by atoms with Gasteiger partial charge in [-0.05, 0) is 23.8 Å². The van der Waals surface area contributed by atoms with Crippen LogP contribution in [0.15, 0.2) is 83.8 Å². The van der Waals surface area contributed by atoms with Gasteiger partial charge in [-0.15, -0.1) is 0 Å². The van der Waals surface area contributed by atoms with Crippen molar-refractivity contribution in [3.63, 3.8) is 0 Å². The summed E-state index contributed by atoms with van der Waals surface area (Å²) in [5.74, 6) is 0.482. The fourth-order valence-corrected chi connectivity index (χ4v) is 2.57. The van der Waals surface area contributed by atoms with Crippen molar-refractivity contribution in [3.8, 4) is 5.75 Å². The molecular weight excluding hydrogens is 328 g/mol. The Morgan fingerprint density at radius 1 is 1.00 bits per heavy atom. The molecule has 3 rings (SSSR count). The van der Waals surface area contributed by atoms with Crippen LogP contribution < -0.4 is 15.6 Å². The highest BCUT2D eigenvalue weighted by molar-refractivity contribution is 5.94. The van der Waals surface area contributed by atoms with Gasteiger partial charge >= 0.3 is 0 Å². The first-order chi connectivity index (χ1) is 12.6. The minimum atomic E-state index is -0.318. The number of rotatable bonds is 6. The van der Waals surface area contributed by atoms with Crippen LogP contribution in [0.2, 0.25) is 0 Å². The SMILES string of the molecule is Cn1cc(C(=O)N[C@@H](COc2ccccc2)c2ccccc2)ccc1=O. The van der Waals surface area contributed by atoms with Gasteiger partial charge in [-0.25, -0.2) is 0 Å². The molecule has 1 atom stereocenters. The number of hydrogen-bond donors (Lipinski definition) is 1. The van der Waals surface area contributed by atoms with Crippen molar-refractivity contribution in [2.24, 2.45) is 7.05 Å². The lowest BCUT2D eigenvalue weighted by Crippen LogP contribution is -2.33. The quantitative estimate of drug-likeness (QED) is 0.745. The molecule has 1 heterocycles. The van der Waals surface area contributed by atoms with E-state index in [-0.39, 0.29) is 17.5 Å². The zero-order valence-corrected chi connectivity index (χ0v) is 14.5. The number of ether oxygens (including phenoxy) is 1. The van der Waals surface area contributed by atoms with E-state index in [0.29, 0.717) is 12.2 Å². The van der Waals surface area contributed by atoms with Crippen molar-refractivity contribution in [2.45, 2.75) is 6.04 Å². The first kappa shape index (κ1) is 17.5. The lowest BCUT2D eigenvalue weighted by atomic mass is 10.1. The van der Waals surface area contributed by atoms with Crippen LogP contribution in [0.4, 0.5) is 0 Å². The van der Waals surface area contributed by atoms with Gasteiger partial charge in [0.05, 0.1) is 11.6 Å². The maximum atomic E-state index is 12.6. The molecule has 2 aromatic carbocycles. The molecule has 0 aliphatic rings. The van der Waals surface area contributed by atoms with Gasteiger partial charge in [0.15, 0.2) is 0 Å².